The Labute approximate surface area is 158 Å². The highest BCUT2D eigenvalue weighted by Crippen LogP contribution is 2.30. The lowest BCUT2D eigenvalue weighted by atomic mass is 10.1. The topological polar surface area (TPSA) is 91.6 Å². The zero-order valence-corrected chi connectivity index (χ0v) is 15.5. The number of nitrogens with one attached hydrogen (secondary N) is 1. The molecule has 0 aliphatic rings. The van der Waals surface area contributed by atoms with Crippen LogP contribution in [0.3, 0.4) is 0 Å². The number of rotatable bonds is 7. The van der Waals surface area contributed by atoms with Gasteiger partial charge in [0.15, 0.2) is 11.5 Å². The molecule has 27 heavy (non-hydrogen) atoms. The molecule has 2 rings (SSSR count). The summed E-state index contributed by atoms with van der Waals surface area (Å²) >= 11 is 0. The highest BCUT2D eigenvalue weighted by Gasteiger charge is 2.12. The fraction of sp³-hybridized carbons (Fsp3) is 0.238. The quantitative estimate of drug-likeness (QED) is 0.437. The van der Waals surface area contributed by atoms with Gasteiger partial charge >= 0.3 is 0 Å². The molecule has 6 nitrogen and oxygen atoms in total. The Morgan fingerprint density at radius 3 is 2.56 bits per heavy atom. The van der Waals surface area contributed by atoms with Crippen LogP contribution in [0.1, 0.15) is 25.8 Å². The largest absolute Gasteiger partial charge is 0.508 e. The minimum Gasteiger partial charge on any atom is -0.508 e. The van der Waals surface area contributed by atoms with E-state index in [1.165, 1.54) is 25.3 Å². The molecule has 0 radical (unpaired) electrons. The summed E-state index contributed by atoms with van der Waals surface area (Å²) in [6.45, 7) is 3.99. The predicted molar refractivity (Wildman–Crippen MR) is 104 cm³/mol. The zero-order chi connectivity index (χ0) is 19.8. The number of aromatic hydroxyl groups is 1. The summed E-state index contributed by atoms with van der Waals surface area (Å²) in [5.74, 6) is 0.689. The maximum absolute atomic E-state index is 12.3. The number of phenols is 1. The van der Waals surface area contributed by atoms with E-state index in [0.29, 0.717) is 22.7 Å². The van der Waals surface area contributed by atoms with Crippen LogP contribution in [0.4, 0.5) is 5.69 Å². The van der Waals surface area contributed by atoms with Crippen molar-refractivity contribution >= 4 is 17.7 Å². The molecule has 0 aromatic heterocycles. The lowest BCUT2D eigenvalue weighted by Crippen LogP contribution is -2.13. The van der Waals surface area contributed by atoms with Gasteiger partial charge in [0.2, 0.25) is 0 Å². The number of methoxy groups -OCH3 is 1. The molecule has 1 amide bonds. The van der Waals surface area contributed by atoms with Crippen LogP contribution in [0.5, 0.6) is 17.2 Å². The Morgan fingerprint density at radius 2 is 1.96 bits per heavy atom. The summed E-state index contributed by atoms with van der Waals surface area (Å²) in [4.78, 5) is 12.3. The fourth-order valence-electron chi connectivity index (χ4n) is 2.23. The normalized spacial score (nSPS) is 12.0. The van der Waals surface area contributed by atoms with Crippen LogP contribution in [0, 0.1) is 11.3 Å². The number of hydrogen-bond donors (Lipinski definition) is 2. The Balaban J connectivity index is 2.22. The zero-order valence-electron chi connectivity index (χ0n) is 15.5. The van der Waals surface area contributed by atoms with Gasteiger partial charge in [0, 0.05) is 5.69 Å². The molecule has 0 aliphatic carbocycles. The third-order valence-corrected chi connectivity index (χ3v) is 3.89. The van der Waals surface area contributed by atoms with E-state index in [0.717, 1.165) is 6.42 Å². The van der Waals surface area contributed by atoms with Gasteiger partial charge in [0.25, 0.3) is 5.91 Å². The second-order valence-corrected chi connectivity index (χ2v) is 5.92. The highest BCUT2D eigenvalue weighted by atomic mass is 16.5. The molecule has 0 spiro atoms. The van der Waals surface area contributed by atoms with Crippen LogP contribution in [-0.2, 0) is 4.79 Å². The molecule has 0 saturated carbocycles. The van der Waals surface area contributed by atoms with Crippen molar-refractivity contribution in [3.8, 4) is 23.3 Å². The summed E-state index contributed by atoms with van der Waals surface area (Å²) in [6, 6.07) is 13.1. The van der Waals surface area contributed by atoms with Crippen molar-refractivity contribution in [2.45, 2.75) is 26.4 Å². The molecule has 0 fully saturated rings. The highest BCUT2D eigenvalue weighted by molar-refractivity contribution is 6.09. The number of anilines is 1. The minimum absolute atomic E-state index is 0.0473. The average molecular weight is 366 g/mol. The van der Waals surface area contributed by atoms with E-state index in [-0.39, 0.29) is 17.4 Å². The van der Waals surface area contributed by atoms with E-state index in [4.69, 9.17) is 9.47 Å². The number of carbonyl (C=O) groups excluding carboxylic acids is 1. The Morgan fingerprint density at radius 1 is 1.26 bits per heavy atom. The number of nitriles is 1. The maximum Gasteiger partial charge on any atom is 0.266 e. The molecule has 0 saturated heterocycles. The molecule has 0 unspecified atom stereocenters. The van der Waals surface area contributed by atoms with E-state index < -0.39 is 5.91 Å². The molecule has 0 bridgehead atoms. The molecular weight excluding hydrogens is 344 g/mol. The van der Waals surface area contributed by atoms with Crippen molar-refractivity contribution in [2.75, 3.05) is 12.4 Å². The summed E-state index contributed by atoms with van der Waals surface area (Å²) in [7, 11) is 1.54. The van der Waals surface area contributed by atoms with Gasteiger partial charge in [-0.2, -0.15) is 5.26 Å². The molecule has 0 aliphatic heterocycles. The minimum atomic E-state index is -0.540. The van der Waals surface area contributed by atoms with Crippen molar-refractivity contribution in [1.29, 1.82) is 5.26 Å². The van der Waals surface area contributed by atoms with Gasteiger partial charge in [-0.05, 0) is 61.4 Å². The Kier molecular flexibility index (Phi) is 6.84. The lowest BCUT2D eigenvalue weighted by molar-refractivity contribution is -0.112. The van der Waals surface area contributed by atoms with E-state index in [2.05, 4.69) is 5.32 Å². The maximum atomic E-state index is 12.3. The molecular formula is C21H22N2O4. The third kappa shape index (κ3) is 5.51. The van der Waals surface area contributed by atoms with Crippen LogP contribution >= 0.6 is 0 Å². The molecule has 0 heterocycles. The third-order valence-electron chi connectivity index (χ3n) is 3.89. The van der Waals surface area contributed by atoms with Gasteiger partial charge in [-0.1, -0.05) is 13.0 Å². The van der Waals surface area contributed by atoms with Crippen LogP contribution in [-0.4, -0.2) is 24.2 Å². The lowest BCUT2D eigenvalue weighted by Gasteiger charge is -2.15. The first kappa shape index (κ1) is 19.9. The van der Waals surface area contributed by atoms with E-state index in [9.17, 15) is 15.2 Å². The first-order chi connectivity index (χ1) is 13.0. The van der Waals surface area contributed by atoms with Gasteiger partial charge in [-0.3, -0.25) is 4.79 Å². The second-order valence-electron chi connectivity index (χ2n) is 5.92. The van der Waals surface area contributed by atoms with Crippen molar-refractivity contribution in [3.63, 3.8) is 0 Å². The fourth-order valence-corrected chi connectivity index (χ4v) is 2.23. The number of amides is 1. The average Bonchev–Trinajstić information content (AvgIpc) is 2.68. The first-order valence-corrected chi connectivity index (χ1v) is 8.53. The summed E-state index contributed by atoms with van der Waals surface area (Å²) in [6.07, 6.45) is 2.39. The predicted octanol–water partition coefficient (Wildman–Crippen LogP) is 4.12. The van der Waals surface area contributed by atoms with E-state index >= 15 is 0 Å². The van der Waals surface area contributed by atoms with E-state index in [1.807, 2.05) is 19.9 Å². The van der Waals surface area contributed by atoms with Crippen LogP contribution in [0.25, 0.3) is 6.08 Å². The van der Waals surface area contributed by atoms with Crippen LogP contribution in [0.15, 0.2) is 48.0 Å². The van der Waals surface area contributed by atoms with Crippen molar-refractivity contribution in [3.05, 3.63) is 53.6 Å². The molecule has 2 aromatic carbocycles. The Bertz CT molecular complexity index is 867. The number of benzene rings is 2. The van der Waals surface area contributed by atoms with Crippen LogP contribution < -0.4 is 14.8 Å². The van der Waals surface area contributed by atoms with E-state index in [1.54, 1.807) is 30.3 Å². The van der Waals surface area contributed by atoms with Gasteiger partial charge in [-0.15, -0.1) is 0 Å². The number of phenolic OH excluding ortho intramolecular Hbond substituents is 1. The van der Waals surface area contributed by atoms with Crippen molar-refractivity contribution < 1.29 is 19.4 Å². The van der Waals surface area contributed by atoms with Gasteiger partial charge in [-0.25, -0.2) is 0 Å². The molecule has 2 N–H and O–H groups in total. The number of ether oxygens (including phenoxy) is 2. The Hall–Kier alpha value is -3.46. The standard InChI is InChI=1S/C21H22N2O4/c1-4-14(2)27-19-10-5-15(12-20(19)26-3)11-16(13-22)21(25)23-17-6-8-18(24)9-7-17/h5-12,14,24H,4H2,1-3H3,(H,23,25)/b16-11-/t14-/m1/s1. The first-order valence-electron chi connectivity index (χ1n) is 8.53. The summed E-state index contributed by atoms with van der Waals surface area (Å²) < 4.78 is 11.2. The van der Waals surface area contributed by atoms with Gasteiger partial charge in [0.05, 0.1) is 13.2 Å². The molecule has 1 atom stereocenters. The number of nitrogens with zero attached hydrogens (tertiary/aromatic N) is 1. The van der Waals surface area contributed by atoms with Crippen molar-refractivity contribution in [2.24, 2.45) is 0 Å². The van der Waals surface area contributed by atoms with Crippen molar-refractivity contribution in [1.82, 2.24) is 0 Å². The number of carbonyl (C=O) groups is 1. The molecule has 2 aromatic rings. The van der Waals surface area contributed by atoms with Gasteiger partial charge < -0.3 is 19.9 Å². The number of hydrogen-bond acceptors (Lipinski definition) is 5. The summed E-state index contributed by atoms with van der Waals surface area (Å²) in [5, 5.41) is 21.2. The van der Waals surface area contributed by atoms with Gasteiger partial charge in [0.1, 0.15) is 17.4 Å². The van der Waals surface area contributed by atoms with Crippen LogP contribution in [0.2, 0.25) is 0 Å². The monoisotopic (exact) mass is 366 g/mol. The molecule has 140 valence electrons. The SMILES string of the molecule is CC[C@@H](C)Oc1ccc(/C=C(/C#N)C(=O)Nc2ccc(O)cc2)cc1OC. The molecule has 6 heteroatoms. The second kappa shape index (κ2) is 9.30. The summed E-state index contributed by atoms with van der Waals surface area (Å²) in [5.41, 5.74) is 1.07. The smallest absolute Gasteiger partial charge is 0.266 e.